The maximum atomic E-state index is 11.8. The molecule has 2 fully saturated rings. The maximum absolute atomic E-state index is 11.8. The lowest BCUT2D eigenvalue weighted by atomic mass is 10.2. The van der Waals surface area contributed by atoms with Crippen LogP contribution in [-0.4, -0.2) is 43.0 Å². The number of sulfone groups is 1. The van der Waals surface area contributed by atoms with Crippen LogP contribution in [0.2, 0.25) is 0 Å². The molecule has 2 unspecified atom stereocenters. The van der Waals surface area contributed by atoms with E-state index in [9.17, 15) is 8.42 Å². The van der Waals surface area contributed by atoms with Gasteiger partial charge < -0.3 is 9.64 Å². The van der Waals surface area contributed by atoms with E-state index in [0.29, 0.717) is 17.5 Å². The molecule has 1 N–H and O–H groups in total. The van der Waals surface area contributed by atoms with Crippen LogP contribution in [-0.2, 0) is 9.84 Å². The molecule has 0 bridgehead atoms. The molecule has 1 aromatic carbocycles. The third kappa shape index (κ3) is 3.07. The minimum Gasteiger partial charge on any atom is -0.492 e. The van der Waals surface area contributed by atoms with E-state index in [1.54, 1.807) is 0 Å². The number of nitrogens with zero attached hydrogens (tertiary/aromatic N) is 1. The first-order valence-corrected chi connectivity index (χ1v) is 9.18. The summed E-state index contributed by atoms with van der Waals surface area (Å²) in [6.45, 7) is 2.45. The molecule has 2 saturated heterocycles. The summed E-state index contributed by atoms with van der Waals surface area (Å²) in [6.07, 6.45) is 0. The summed E-state index contributed by atoms with van der Waals surface area (Å²) in [6, 6.07) is 7.34. The summed E-state index contributed by atoms with van der Waals surface area (Å²) in [5.74, 6) is 0.983. The Hall–Kier alpha value is -0.730. The van der Waals surface area contributed by atoms with Crippen LogP contribution < -0.4 is 9.64 Å². The lowest BCUT2D eigenvalue weighted by Gasteiger charge is -2.25. The van der Waals surface area contributed by atoms with Gasteiger partial charge in [-0.1, -0.05) is 23.9 Å². The average Bonchev–Trinajstić information content (AvgIpc) is 2.81. The molecule has 1 aromatic rings. The molecular formula is C13H17BrN2O3S2. The number of ether oxygens (including phenoxy) is 1. The van der Waals surface area contributed by atoms with Crippen LogP contribution in [0.3, 0.4) is 0 Å². The van der Waals surface area contributed by atoms with E-state index in [1.807, 2.05) is 36.1 Å². The first kappa shape index (κ1) is 16.6. The first-order chi connectivity index (χ1) is 9.52. The van der Waals surface area contributed by atoms with Crippen LogP contribution in [0.4, 0.5) is 5.69 Å². The van der Waals surface area contributed by atoms with Gasteiger partial charge >= 0.3 is 0 Å². The number of fused-ring (bicyclic) bond motifs is 1. The summed E-state index contributed by atoms with van der Waals surface area (Å²) in [4.78, 5) is 1.81. The number of rotatable bonds is 3. The van der Waals surface area contributed by atoms with Gasteiger partial charge in [-0.15, -0.1) is 17.0 Å². The Kier molecular flexibility index (Phi) is 4.89. The Labute approximate surface area is 139 Å². The quantitative estimate of drug-likeness (QED) is 0.854. The van der Waals surface area contributed by atoms with E-state index < -0.39 is 9.84 Å². The molecule has 0 aliphatic carbocycles. The van der Waals surface area contributed by atoms with Gasteiger partial charge in [0.25, 0.3) is 0 Å². The fourth-order valence-corrected chi connectivity index (χ4v) is 6.51. The lowest BCUT2D eigenvalue weighted by molar-refractivity contribution is 0.340. The number of para-hydroxylation sites is 2. The van der Waals surface area contributed by atoms with Crippen LogP contribution in [0.15, 0.2) is 24.3 Å². The van der Waals surface area contributed by atoms with Gasteiger partial charge in [0.15, 0.2) is 15.0 Å². The molecule has 2 aliphatic heterocycles. The molecule has 2 heterocycles. The molecule has 0 saturated carbocycles. The minimum absolute atomic E-state index is 0. The Bertz CT molecular complexity index is 651. The van der Waals surface area contributed by atoms with Crippen molar-refractivity contribution < 1.29 is 13.2 Å². The normalized spacial score (nSPS) is 26.3. The highest BCUT2D eigenvalue weighted by Gasteiger charge is 2.49. The predicted octanol–water partition coefficient (Wildman–Crippen LogP) is 2.32. The number of halogens is 1. The topological polar surface area (TPSA) is 70.5 Å². The van der Waals surface area contributed by atoms with Gasteiger partial charge in [0, 0.05) is 5.25 Å². The number of nitrogens with one attached hydrogen (secondary N) is 1. The summed E-state index contributed by atoms with van der Waals surface area (Å²) < 4.78 is 29.2. The van der Waals surface area contributed by atoms with Gasteiger partial charge in [0.05, 0.1) is 29.8 Å². The zero-order valence-corrected chi connectivity index (χ0v) is 14.8. The Morgan fingerprint density at radius 1 is 1.38 bits per heavy atom. The second-order valence-electron chi connectivity index (χ2n) is 4.88. The highest BCUT2D eigenvalue weighted by molar-refractivity contribution is 8.93. The van der Waals surface area contributed by atoms with Crippen LogP contribution in [0.1, 0.15) is 6.92 Å². The maximum Gasteiger partial charge on any atom is 0.161 e. The highest BCUT2D eigenvalue weighted by Crippen LogP contribution is 2.43. The monoisotopic (exact) mass is 392 g/mol. The van der Waals surface area contributed by atoms with Crippen molar-refractivity contribution >= 4 is 49.4 Å². The van der Waals surface area contributed by atoms with Crippen molar-refractivity contribution in [1.29, 1.82) is 5.41 Å². The average molecular weight is 393 g/mol. The van der Waals surface area contributed by atoms with Gasteiger partial charge in [-0.05, 0) is 19.1 Å². The molecule has 2 aliphatic rings. The molecule has 0 amide bonds. The third-order valence-electron chi connectivity index (χ3n) is 3.51. The van der Waals surface area contributed by atoms with E-state index in [-0.39, 0.29) is 39.8 Å². The second-order valence-corrected chi connectivity index (χ2v) is 8.26. The van der Waals surface area contributed by atoms with E-state index >= 15 is 0 Å². The lowest BCUT2D eigenvalue weighted by Crippen LogP contribution is -2.37. The van der Waals surface area contributed by atoms with Crippen molar-refractivity contribution in [1.82, 2.24) is 0 Å². The molecular weight excluding hydrogens is 376 g/mol. The standard InChI is InChI=1S/C13H16N2O3S2.BrH/c1-2-18-11-6-4-3-5-9(11)15-10-7-20(16,17)8-12(10)19-13(15)14;/h3-6,10,12,14H,2,7-8H2,1H3;1H. The largest absolute Gasteiger partial charge is 0.492 e. The van der Waals surface area contributed by atoms with E-state index in [2.05, 4.69) is 0 Å². The van der Waals surface area contributed by atoms with Gasteiger partial charge in [-0.25, -0.2) is 8.42 Å². The van der Waals surface area contributed by atoms with Crippen molar-refractivity contribution in [2.45, 2.75) is 18.2 Å². The molecule has 2 atom stereocenters. The molecule has 5 nitrogen and oxygen atoms in total. The van der Waals surface area contributed by atoms with Gasteiger partial charge in [-0.3, -0.25) is 5.41 Å². The number of benzene rings is 1. The third-order valence-corrected chi connectivity index (χ3v) is 6.64. The Balaban J connectivity index is 0.00000161. The number of hydrogen-bond donors (Lipinski definition) is 1. The van der Waals surface area contributed by atoms with Crippen molar-refractivity contribution in [3.8, 4) is 5.75 Å². The highest BCUT2D eigenvalue weighted by atomic mass is 79.9. The second kappa shape index (κ2) is 6.18. The smallest absolute Gasteiger partial charge is 0.161 e. The molecule has 8 heteroatoms. The summed E-state index contributed by atoms with van der Waals surface area (Å²) >= 11 is 1.34. The van der Waals surface area contributed by atoms with E-state index in [0.717, 1.165) is 5.69 Å². The predicted molar refractivity (Wildman–Crippen MR) is 92.0 cm³/mol. The molecule has 0 radical (unpaired) electrons. The molecule has 3 rings (SSSR count). The molecule has 21 heavy (non-hydrogen) atoms. The molecule has 0 spiro atoms. The Morgan fingerprint density at radius 3 is 2.81 bits per heavy atom. The first-order valence-electron chi connectivity index (χ1n) is 6.48. The van der Waals surface area contributed by atoms with Gasteiger partial charge in [-0.2, -0.15) is 0 Å². The zero-order valence-electron chi connectivity index (χ0n) is 11.5. The van der Waals surface area contributed by atoms with E-state index in [1.165, 1.54) is 11.8 Å². The SMILES string of the molecule is Br.CCOc1ccccc1N1C(=N)SC2CS(=O)(=O)CC21. The fraction of sp³-hybridized carbons (Fsp3) is 0.462. The van der Waals surface area contributed by atoms with Crippen molar-refractivity contribution in [3.05, 3.63) is 24.3 Å². The van der Waals surface area contributed by atoms with Crippen LogP contribution in [0.5, 0.6) is 5.75 Å². The fourth-order valence-electron chi connectivity index (χ4n) is 2.72. The number of thioether (sulfide) groups is 1. The van der Waals surface area contributed by atoms with Gasteiger partial charge in [0.2, 0.25) is 0 Å². The number of amidine groups is 1. The van der Waals surface area contributed by atoms with Crippen LogP contribution in [0, 0.1) is 5.41 Å². The van der Waals surface area contributed by atoms with Gasteiger partial charge in [0.1, 0.15) is 5.75 Å². The Morgan fingerprint density at radius 2 is 2.10 bits per heavy atom. The summed E-state index contributed by atoms with van der Waals surface area (Å²) in [5.41, 5.74) is 0.788. The van der Waals surface area contributed by atoms with Crippen molar-refractivity contribution in [3.63, 3.8) is 0 Å². The number of hydrogen-bond acceptors (Lipinski definition) is 5. The molecule has 0 aromatic heterocycles. The summed E-state index contributed by atoms with van der Waals surface area (Å²) in [5, 5.41) is 8.50. The van der Waals surface area contributed by atoms with Crippen LogP contribution >= 0.6 is 28.7 Å². The van der Waals surface area contributed by atoms with E-state index in [4.69, 9.17) is 10.1 Å². The molecule has 116 valence electrons. The summed E-state index contributed by atoms with van der Waals surface area (Å²) in [7, 11) is -2.99. The minimum atomic E-state index is -2.99. The van der Waals surface area contributed by atoms with Crippen molar-refractivity contribution in [2.75, 3.05) is 23.0 Å². The van der Waals surface area contributed by atoms with Crippen LogP contribution in [0.25, 0.3) is 0 Å². The number of anilines is 1. The van der Waals surface area contributed by atoms with Crippen molar-refractivity contribution in [2.24, 2.45) is 0 Å². The zero-order chi connectivity index (χ0) is 14.3.